The van der Waals surface area contributed by atoms with Crippen LogP contribution in [0.5, 0.6) is 0 Å². The van der Waals surface area contributed by atoms with Crippen LogP contribution in [0.2, 0.25) is 10.0 Å². The van der Waals surface area contributed by atoms with Gasteiger partial charge in [-0.15, -0.1) is 0 Å². The number of nitrogens with zero attached hydrogens (tertiary/aromatic N) is 2. The molecule has 0 aliphatic carbocycles. The second-order valence-corrected chi connectivity index (χ2v) is 10.7. The molecule has 202 valence electrons. The van der Waals surface area contributed by atoms with Gasteiger partial charge < -0.3 is 19.6 Å². The van der Waals surface area contributed by atoms with Crippen LogP contribution in [0.25, 0.3) is 0 Å². The van der Waals surface area contributed by atoms with Crippen LogP contribution in [0.15, 0.2) is 84.0 Å². The highest BCUT2D eigenvalue weighted by atomic mass is 35.5. The van der Waals surface area contributed by atoms with Crippen LogP contribution < -0.4 is 0 Å². The Labute approximate surface area is 236 Å². The molecule has 38 heavy (non-hydrogen) atoms. The lowest BCUT2D eigenvalue weighted by Crippen LogP contribution is -2.43. The van der Waals surface area contributed by atoms with Crippen LogP contribution in [-0.2, 0) is 15.2 Å². The Morgan fingerprint density at radius 2 is 1.61 bits per heavy atom. The third kappa shape index (κ3) is 7.37. The zero-order valence-electron chi connectivity index (χ0n) is 22.0. The predicted molar refractivity (Wildman–Crippen MR) is 155 cm³/mol. The highest BCUT2D eigenvalue weighted by Gasteiger charge is 2.34. The molecular formula is C31H36Cl2N2O3. The minimum Gasteiger partial charge on any atom is -0.399 e. The molecular weight excluding hydrogens is 519 g/mol. The van der Waals surface area contributed by atoms with Gasteiger partial charge in [-0.2, -0.15) is 0 Å². The molecule has 0 spiro atoms. The van der Waals surface area contributed by atoms with Crippen LogP contribution in [0.1, 0.15) is 54.9 Å². The molecule has 7 heteroatoms. The molecule has 0 amide bonds. The lowest BCUT2D eigenvalue weighted by Gasteiger charge is -2.39. The molecule has 0 saturated carbocycles. The van der Waals surface area contributed by atoms with Crippen molar-refractivity contribution in [2.24, 2.45) is 5.16 Å². The van der Waals surface area contributed by atoms with Crippen molar-refractivity contribution in [3.05, 3.63) is 106 Å². The highest BCUT2D eigenvalue weighted by Crippen LogP contribution is 2.34. The van der Waals surface area contributed by atoms with E-state index in [4.69, 9.17) is 32.8 Å². The molecule has 3 aromatic carbocycles. The number of hydrogen-bond donors (Lipinski definition) is 1. The molecule has 0 radical (unpaired) electrons. The fourth-order valence-corrected chi connectivity index (χ4v) is 5.40. The fraction of sp³-hybridized carbons (Fsp3) is 0.387. The molecule has 4 rings (SSSR count). The Morgan fingerprint density at radius 1 is 0.947 bits per heavy atom. The third-order valence-electron chi connectivity index (χ3n) is 7.44. The van der Waals surface area contributed by atoms with Gasteiger partial charge in [0.1, 0.15) is 7.11 Å². The van der Waals surface area contributed by atoms with E-state index < -0.39 is 5.60 Å². The number of piperidine rings is 1. The summed E-state index contributed by atoms with van der Waals surface area (Å²) >= 11 is 12.6. The Balaban J connectivity index is 1.46. The summed E-state index contributed by atoms with van der Waals surface area (Å²) in [6.07, 6.45) is 2.11. The summed E-state index contributed by atoms with van der Waals surface area (Å²) in [6.45, 7) is 4.83. The Morgan fingerprint density at radius 3 is 2.24 bits per heavy atom. The van der Waals surface area contributed by atoms with Crippen LogP contribution >= 0.6 is 23.2 Å². The average Bonchev–Trinajstić information content (AvgIpc) is 2.95. The van der Waals surface area contributed by atoms with Crippen LogP contribution in [0.3, 0.4) is 0 Å². The Bertz CT molecular complexity index is 1180. The number of halogens is 2. The molecule has 1 saturated heterocycles. The molecule has 1 aliphatic heterocycles. The maximum absolute atomic E-state index is 11.2. The number of benzene rings is 3. The van der Waals surface area contributed by atoms with E-state index in [1.165, 1.54) is 0 Å². The van der Waals surface area contributed by atoms with Crippen molar-refractivity contribution in [3.8, 4) is 0 Å². The first-order valence-electron chi connectivity index (χ1n) is 13.1. The van der Waals surface area contributed by atoms with Gasteiger partial charge in [0.2, 0.25) is 0 Å². The molecule has 1 N–H and O–H groups in total. The van der Waals surface area contributed by atoms with Gasteiger partial charge in [-0.1, -0.05) is 95.1 Å². The molecule has 1 heterocycles. The van der Waals surface area contributed by atoms with Crippen LogP contribution in [-0.4, -0.2) is 49.1 Å². The highest BCUT2D eigenvalue weighted by molar-refractivity contribution is 6.42. The van der Waals surface area contributed by atoms with Crippen LogP contribution in [0, 0.1) is 0 Å². The van der Waals surface area contributed by atoms with Crippen molar-refractivity contribution >= 4 is 28.9 Å². The normalized spacial score (nSPS) is 17.7. The summed E-state index contributed by atoms with van der Waals surface area (Å²) in [6, 6.07) is 25.8. The quantitative estimate of drug-likeness (QED) is 0.200. The number of likely N-dealkylation sites (tertiary alicyclic amines) is 1. The van der Waals surface area contributed by atoms with Gasteiger partial charge in [0, 0.05) is 19.0 Å². The van der Waals surface area contributed by atoms with E-state index in [0.29, 0.717) is 29.5 Å². The maximum Gasteiger partial charge on any atom is 0.106 e. The topological polar surface area (TPSA) is 54.3 Å². The number of aliphatic hydroxyl groups is 1. The van der Waals surface area contributed by atoms with Gasteiger partial charge in [-0.3, -0.25) is 0 Å². The molecule has 5 nitrogen and oxygen atoms in total. The standard InChI is InChI=1S/C31H36Cl2N2O3/c1-23(24-9-5-3-6-10-24)38-22-30(34-37-2)27(25-13-14-28(32)29(33)21-25)15-18-35-19-16-31(36,17-20-35)26-11-7-4-8-12-26/h3-14,21,23,27,36H,15-20,22H2,1-2H3/b34-30+. The number of rotatable bonds is 11. The van der Waals surface area contributed by atoms with E-state index in [9.17, 15) is 5.11 Å². The summed E-state index contributed by atoms with van der Waals surface area (Å²) in [7, 11) is 1.56. The molecule has 1 fully saturated rings. The fourth-order valence-electron chi connectivity index (χ4n) is 5.09. The van der Waals surface area contributed by atoms with Crippen molar-refractivity contribution < 1.29 is 14.7 Å². The van der Waals surface area contributed by atoms with Crippen molar-refractivity contribution in [2.75, 3.05) is 33.4 Å². The van der Waals surface area contributed by atoms with E-state index in [1.54, 1.807) is 7.11 Å². The molecule has 2 atom stereocenters. The number of ether oxygens (including phenoxy) is 1. The second-order valence-electron chi connectivity index (χ2n) is 9.88. The first-order chi connectivity index (χ1) is 18.4. The molecule has 0 aromatic heterocycles. The molecule has 2 unspecified atom stereocenters. The molecule has 1 aliphatic rings. The summed E-state index contributed by atoms with van der Waals surface area (Å²) in [4.78, 5) is 7.67. The van der Waals surface area contributed by atoms with Crippen molar-refractivity contribution in [1.29, 1.82) is 0 Å². The Kier molecular flexibility index (Phi) is 10.2. The van der Waals surface area contributed by atoms with Gasteiger partial charge in [0.05, 0.1) is 34.1 Å². The number of hydrogen-bond acceptors (Lipinski definition) is 5. The van der Waals surface area contributed by atoms with E-state index in [1.807, 2.05) is 73.7 Å². The summed E-state index contributed by atoms with van der Waals surface area (Å²) in [5, 5.41) is 16.7. The summed E-state index contributed by atoms with van der Waals surface area (Å²) in [5.74, 6) is -0.0670. The first-order valence-corrected chi connectivity index (χ1v) is 13.9. The van der Waals surface area contributed by atoms with Crippen LogP contribution in [0.4, 0.5) is 0 Å². The molecule has 0 bridgehead atoms. The summed E-state index contributed by atoms with van der Waals surface area (Å²) < 4.78 is 6.25. The van der Waals surface area contributed by atoms with E-state index in [0.717, 1.165) is 48.5 Å². The zero-order valence-corrected chi connectivity index (χ0v) is 23.5. The van der Waals surface area contributed by atoms with E-state index in [2.05, 4.69) is 22.2 Å². The average molecular weight is 556 g/mol. The SMILES string of the molecule is CO/N=C(\COC(C)c1ccccc1)C(CCN1CCC(O)(c2ccccc2)CC1)c1ccc(Cl)c(Cl)c1. The number of oxime groups is 1. The maximum atomic E-state index is 11.2. The zero-order chi connectivity index (χ0) is 27.0. The van der Waals surface area contributed by atoms with Gasteiger partial charge in [-0.25, -0.2) is 0 Å². The minimum absolute atomic E-state index is 0.0670. The largest absolute Gasteiger partial charge is 0.399 e. The van der Waals surface area contributed by atoms with Gasteiger partial charge in [0.15, 0.2) is 0 Å². The molecule has 3 aromatic rings. The van der Waals surface area contributed by atoms with Gasteiger partial charge in [0.25, 0.3) is 0 Å². The summed E-state index contributed by atoms with van der Waals surface area (Å²) in [5.41, 5.74) is 3.14. The second kappa shape index (κ2) is 13.6. The first kappa shape index (κ1) is 28.6. The van der Waals surface area contributed by atoms with E-state index in [-0.39, 0.29) is 12.0 Å². The predicted octanol–water partition coefficient (Wildman–Crippen LogP) is 7.23. The van der Waals surface area contributed by atoms with Gasteiger partial charge in [-0.05, 0) is 61.6 Å². The Hall–Kier alpha value is -2.41. The van der Waals surface area contributed by atoms with Crippen molar-refractivity contribution in [2.45, 2.75) is 43.8 Å². The van der Waals surface area contributed by atoms with Crippen molar-refractivity contribution in [3.63, 3.8) is 0 Å². The lowest BCUT2D eigenvalue weighted by molar-refractivity contribution is -0.0261. The minimum atomic E-state index is -0.773. The van der Waals surface area contributed by atoms with Crippen molar-refractivity contribution in [1.82, 2.24) is 4.90 Å². The van der Waals surface area contributed by atoms with Gasteiger partial charge >= 0.3 is 0 Å². The smallest absolute Gasteiger partial charge is 0.106 e. The monoisotopic (exact) mass is 554 g/mol. The van der Waals surface area contributed by atoms with E-state index >= 15 is 0 Å². The lowest BCUT2D eigenvalue weighted by atomic mass is 9.84. The third-order valence-corrected chi connectivity index (χ3v) is 8.17.